The normalized spacial score (nSPS) is 12.9. The minimum Gasteiger partial charge on any atom is -0.504 e. The lowest BCUT2D eigenvalue weighted by Gasteiger charge is -2.11. The van der Waals surface area contributed by atoms with Gasteiger partial charge in [-0.2, -0.15) is 0 Å². The molecule has 0 saturated heterocycles. The van der Waals surface area contributed by atoms with Crippen LogP contribution in [0.25, 0.3) is 6.08 Å². The highest BCUT2D eigenvalue weighted by atomic mass is 16.5. The van der Waals surface area contributed by atoms with Gasteiger partial charge in [-0.05, 0) is 37.1 Å². The summed E-state index contributed by atoms with van der Waals surface area (Å²) in [5.74, 6) is -0.186. The number of phenolic OH excluding ortho intramolecular Hbond substituents is 1. The van der Waals surface area contributed by atoms with E-state index in [2.05, 4.69) is 6.58 Å². The van der Waals surface area contributed by atoms with Crippen molar-refractivity contribution >= 4 is 17.6 Å². The molecule has 0 heterocycles. The fraction of sp³-hybridized carbons (Fsp3) is 0.143. The summed E-state index contributed by atoms with van der Waals surface area (Å²) < 4.78 is 5.46. The van der Waals surface area contributed by atoms with E-state index in [4.69, 9.17) is 4.74 Å². The Hall–Kier alpha value is -3.14. The van der Waals surface area contributed by atoms with Crippen molar-refractivity contribution in [1.82, 2.24) is 0 Å². The number of hydrogen-bond donors (Lipinski definition) is 1. The maximum atomic E-state index is 12.5. The largest absolute Gasteiger partial charge is 0.504 e. The molecule has 1 N–H and O–H groups in total. The van der Waals surface area contributed by atoms with E-state index in [9.17, 15) is 14.7 Å². The zero-order valence-corrected chi connectivity index (χ0v) is 13.9. The topological polar surface area (TPSA) is 63.6 Å². The van der Waals surface area contributed by atoms with E-state index in [0.717, 1.165) is 0 Å². The first-order valence-corrected chi connectivity index (χ1v) is 8.06. The molecule has 0 aliphatic heterocycles. The van der Waals surface area contributed by atoms with Crippen molar-refractivity contribution in [3.63, 3.8) is 0 Å². The van der Waals surface area contributed by atoms with Crippen LogP contribution in [0.1, 0.15) is 38.8 Å². The van der Waals surface area contributed by atoms with Gasteiger partial charge < -0.3 is 9.84 Å². The number of phenols is 1. The molecule has 1 aliphatic carbocycles. The molecule has 0 saturated carbocycles. The first kappa shape index (κ1) is 16.7. The number of rotatable bonds is 5. The van der Waals surface area contributed by atoms with E-state index in [0.29, 0.717) is 41.0 Å². The minimum absolute atomic E-state index is 0.0521. The molecule has 0 bridgehead atoms. The Balaban J connectivity index is 2.08. The second-order valence-electron chi connectivity index (χ2n) is 5.71. The summed E-state index contributed by atoms with van der Waals surface area (Å²) in [4.78, 5) is 25.0. The molecule has 4 nitrogen and oxygen atoms in total. The predicted molar refractivity (Wildman–Crippen MR) is 96.3 cm³/mol. The van der Waals surface area contributed by atoms with Gasteiger partial charge in [-0.3, -0.25) is 9.59 Å². The lowest BCUT2D eigenvalue weighted by atomic mass is 10.0. The predicted octanol–water partition coefficient (Wildman–Crippen LogP) is 3.98. The maximum Gasteiger partial charge on any atom is 0.197 e. The van der Waals surface area contributed by atoms with E-state index >= 15 is 0 Å². The third-order valence-corrected chi connectivity index (χ3v) is 4.06. The van der Waals surface area contributed by atoms with Crippen molar-refractivity contribution in [2.24, 2.45) is 0 Å². The van der Waals surface area contributed by atoms with Gasteiger partial charge in [0.15, 0.2) is 23.1 Å². The molecule has 0 spiro atoms. The average molecular weight is 334 g/mol. The molecule has 0 unspecified atom stereocenters. The Labute approximate surface area is 146 Å². The number of hydrogen-bond acceptors (Lipinski definition) is 4. The fourth-order valence-electron chi connectivity index (χ4n) is 2.92. The molecule has 0 atom stereocenters. The van der Waals surface area contributed by atoms with Gasteiger partial charge in [0.25, 0.3) is 0 Å². The van der Waals surface area contributed by atoms with E-state index < -0.39 is 0 Å². The molecule has 0 aromatic heterocycles. The number of allylic oxidation sites excluding steroid dienone is 2. The SMILES string of the molecule is C=CCc1cc(C=C2C(=O)c3ccccc3C2=O)cc(OCC)c1O. The van der Waals surface area contributed by atoms with Gasteiger partial charge in [0.05, 0.1) is 12.2 Å². The van der Waals surface area contributed by atoms with Crippen molar-refractivity contribution < 1.29 is 19.4 Å². The maximum absolute atomic E-state index is 12.5. The van der Waals surface area contributed by atoms with Crippen LogP contribution in [0, 0.1) is 0 Å². The van der Waals surface area contributed by atoms with Crippen LogP contribution in [-0.2, 0) is 6.42 Å². The molecule has 25 heavy (non-hydrogen) atoms. The Morgan fingerprint density at radius 1 is 1.12 bits per heavy atom. The molecular formula is C21H18O4. The number of ketones is 2. The number of aromatic hydroxyl groups is 1. The van der Waals surface area contributed by atoms with Crippen molar-refractivity contribution in [3.8, 4) is 11.5 Å². The average Bonchev–Trinajstić information content (AvgIpc) is 2.85. The van der Waals surface area contributed by atoms with Crippen LogP contribution in [0.2, 0.25) is 0 Å². The summed E-state index contributed by atoms with van der Waals surface area (Å²) in [6.45, 7) is 5.89. The van der Waals surface area contributed by atoms with Crippen LogP contribution in [-0.4, -0.2) is 23.3 Å². The highest BCUT2D eigenvalue weighted by Gasteiger charge is 2.32. The van der Waals surface area contributed by atoms with Crippen LogP contribution in [0.15, 0.2) is 54.6 Å². The summed E-state index contributed by atoms with van der Waals surface area (Å²) >= 11 is 0. The molecule has 3 rings (SSSR count). The lowest BCUT2D eigenvalue weighted by molar-refractivity contribution is 0.0990. The molecule has 0 fully saturated rings. The van der Waals surface area contributed by atoms with Gasteiger partial charge in [-0.15, -0.1) is 6.58 Å². The standard InChI is InChI=1S/C21H18O4/c1-3-7-14-10-13(12-18(19(14)22)25-4-2)11-17-20(23)15-8-5-6-9-16(15)21(17)24/h3,5-6,8-12,22H,1,4,7H2,2H3. The fourth-order valence-corrected chi connectivity index (χ4v) is 2.92. The lowest BCUT2D eigenvalue weighted by Crippen LogP contribution is -2.01. The third kappa shape index (κ3) is 2.98. The van der Waals surface area contributed by atoms with Gasteiger partial charge in [-0.1, -0.05) is 30.3 Å². The number of benzene rings is 2. The van der Waals surface area contributed by atoms with Gasteiger partial charge in [-0.25, -0.2) is 0 Å². The number of ether oxygens (including phenoxy) is 1. The Bertz CT molecular complexity index is 869. The quantitative estimate of drug-likeness (QED) is 0.510. The van der Waals surface area contributed by atoms with Gasteiger partial charge in [0.1, 0.15) is 0 Å². The van der Waals surface area contributed by atoms with Crippen LogP contribution in [0.4, 0.5) is 0 Å². The first-order chi connectivity index (χ1) is 12.1. The molecule has 2 aromatic carbocycles. The van der Waals surface area contributed by atoms with Crippen LogP contribution >= 0.6 is 0 Å². The highest BCUT2D eigenvalue weighted by Crippen LogP contribution is 2.34. The summed E-state index contributed by atoms with van der Waals surface area (Å²) in [7, 11) is 0. The minimum atomic E-state index is -0.281. The van der Waals surface area contributed by atoms with E-state index in [1.54, 1.807) is 48.6 Å². The zero-order valence-electron chi connectivity index (χ0n) is 13.9. The monoisotopic (exact) mass is 334 g/mol. The summed E-state index contributed by atoms with van der Waals surface area (Å²) in [6, 6.07) is 10.1. The van der Waals surface area contributed by atoms with E-state index in [1.807, 2.05) is 6.92 Å². The van der Waals surface area contributed by atoms with Crippen molar-refractivity contribution in [1.29, 1.82) is 0 Å². The first-order valence-electron chi connectivity index (χ1n) is 8.06. The summed E-state index contributed by atoms with van der Waals surface area (Å²) in [5, 5.41) is 10.3. The van der Waals surface area contributed by atoms with Crippen LogP contribution < -0.4 is 4.74 Å². The second-order valence-corrected chi connectivity index (χ2v) is 5.71. The second kappa shape index (κ2) is 6.77. The number of carbonyl (C=O) groups excluding carboxylic acids is 2. The van der Waals surface area contributed by atoms with E-state index in [-0.39, 0.29) is 22.9 Å². The van der Waals surface area contributed by atoms with Crippen molar-refractivity contribution in [3.05, 3.63) is 76.9 Å². The number of carbonyl (C=O) groups is 2. The Morgan fingerprint density at radius 3 is 2.32 bits per heavy atom. The van der Waals surface area contributed by atoms with Gasteiger partial charge in [0, 0.05) is 16.7 Å². The molecule has 2 aromatic rings. The molecule has 0 amide bonds. The molecule has 0 radical (unpaired) electrons. The smallest absolute Gasteiger partial charge is 0.197 e. The summed E-state index contributed by atoms with van der Waals surface area (Å²) in [5.41, 5.74) is 2.23. The van der Waals surface area contributed by atoms with E-state index in [1.165, 1.54) is 0 Å². The van der Waals surface area contributed by atoms with Crippen molar-refractivity contribution in [2.75, 3.05) is 6.61 Å². The van der Waals surface area contributed by atoms with Gasteiger partial charge in [0.2, 0.25) is 0 Å². The zero-order chi connectivity index (χ0) is 18.0. The molecule has 126 valence electrons. The van der Waals surface area contributed by atoms with Gasteiger partial charge >= 0.3 is 0 Å². The molecule has 4 heteroatoms. The van der Waals surface area contributed by atoms with Crippen molar-refractivity contribution in [2.45, 2.75) is 13.3 Å². The van der Waals surface area contributed by atoms with Crippen LogP contribution in [0.5, 0.6) is 11.5 Å². The Kier molecular flexibility index (Phi) is 4.52. The number of fused-ring (bicyclic) bond motifs is 1. The number of Topliss-reactive ketones (excluding diaryl/α,β-unsaturated/α-hetero) is 2. The molecule has 1 aliphatic rings. The molecular weight excluding hydrogens is 316 g/mol. The summed E-state index contributed by atoms with van der Waals surface area (Å²) in [6.07, 6.45) is 3.67. The third-order valence-electron chi connectivity index (χ3n) is 4.06. The van der Waals surface area contributed by atoms with Crippen LogP contribution in [0.3, 0.4) is 0 Å². The highest BCUT2D eigenvalue weighted by molar-refractivity contribution is 6.41. The Morgan fingerprint density at radius 2 is 1.76 bits per heavy atom.